The Hall–Kier alpha value is -2.15. The third-order valence-corrected chi connectivity index (χ3v) is 5.87. The van der Waals surface area contributed by atoms with Crippen LogP contribution in [0.3, 0.4) is 0 Å². The van der Waals surface area contributed by atoms with E-state index in [1.54, 1.807) is 5.38 Å². The van der Waals surface area contributed by atoms with Gasteiger partial charge in [0.2, 0.25) is 5.91 Å². The van der Waals surface area contributed by atoms with E-state index < -0.39 is 23.7 Å². The number of carbonyl (C=O) groups excluding carboxylic acids is 2. The number of aliphatic carboxylic acids is 1. The lowest BCUT2D eigenvalue weighted by atomic mass is 9.76. The van der Waals surface area contributed by atoms with Gasteiger partial charge in [-0.25, -0.2) is 0 Å². The zero-order valence-electron chi connectivity index (χ0n) is 14.9. The summed E-state index contributed by atoms with van der Waals surface area (Å²) in [6, 6.07) is 0. The fourth-order valence-electron chi connectivity index (χ4n) is 3.22. The molecule has 0 unspecified atom stereocenters. The first kappa shape index (κ1) is 19.2. The molecule has 0 aromatic carbocycles. The molecule has 0 fully saturated rings. The van der Waals surface area contributed by atoms with Crippen LogP contribution in [-0.2, 0) is 16.0 Å². The lowest BCUT2D eigenvalue weighted by molar-refractivity contribution is -0.147. The first-order valence-electron chi connectivity index (χ1n) is 8.31. The normalized spacial score (nSPS) is 20.3. The summed E-state index contributed by atoms with van der Waals surface area (Å²) in [5, 5.41) is 11.2. The summed E-state index contributed by atoms with van der Waals surface area (Å²) in [4.78, 5) is 37.3. The van der Waals surface area contributed by atoms with E-state index in [0.29, 0.717) is 18.4 Å². The molecule has 2 amide bonds. The van der Waals surface area contributed by atoms with Gasteiger partial charge in [-0.3, -0.25) is 25.2 Å². The molecule has 1 aliphatic carbocycles. The third kappa shape index (κ3) is 4.10. The van der Waals surface area contributed by atoms with Crippen molar-refractivity contribution in [1.82, 2.24) is 10.9 Å². The molecule has 1 aromatic rings. The minimum absolute atomic E-state index is 0.358. The molecule has 2 atom stereocenters. The molecule has 1 aromatic heterocycles. The lowest BCUT2D eigenvalue weighted by Gasteiger charge is -2.29. The van der Waals surface area contributed by atoms with Gasteiger partial charge in [-0.05, 0) is 45.6 Å². The Morgan fingerprint density at radius 1 is 1.12 bits per heavy atom. The maximum atomic E-state index is 12.5. The van der Waals surface area contributed by atoms with Crippen LogP contribution in [0.25, 0.3) is 0 Å². The molecular formula is C18H24N2O4S. The van der Waals surface area contributed by atoms with Crippen LogP contribution in [0, 0.1) is 18.8 Å². The first-order valence-corrected chi connectivity index (χ1v) is 9.19. The second kappa shape index (κ2) is 7.82. The van der Waals surface area contributed by atoms with Gasteiger partial charge in [-0.2, -0.15) is 0 Å². The zero-order valence-corrected chi connectivity index (χ0v) is 15.8. The Morgan fingerprint density at radius 2 is 1.72 bits per heavy atom. The van der Waals surface area contributed by atoms with Crippen LogP contribution in [0.2, 0.25) is 0 Å². The van der Waals surface area contributed by atoms with E-state index in [-0.39, 0.29) is 5.91 Å². The minimum atomic E-state index is -0.986. The number of nitrogens with one attached hydrogen (secondary N) is 2. The summed E-state index contributed by atoms with van der Waals surface area (Å²) in [6.45, 7) is 7.73. The zero-order chi connectivity index (χ0) is 18.7. The molecule has 1 heterocycles. The summed E-state index contributed by atoms with van der Waals surface area (Å²) in [5.74, 6) is -3.27. The highest BCUT2D eigenvalue weighted by Gasteiger charge is 2.37. The van der Waals surface area contributed by atoms with E-state index in [1.165, 1.54) is 11.3 Å². The number of carboxylic acids is 1. The number of carboxylic acid groups (broad SMARTS) is 1. The van der Waals surface area contributed by atoms with E-state index >= 15 is 0 Å². The predicted octanol–water partition coefficient (Wildman–Crippen LogP) is 2.83. The van der Waals surface area contributed by atoms with Gasteiger partial charge in [-0.15, -0.1) is 11.3 Å². The summed E-state index contributed by atoms with van der Waals surface area (Å²) in [7, 11) is 0. The van der Waals surface area contributed by atoms with Crippen LogP contribution in [0.1, 0.15) is 54.4 Å². The number of allylic oxidation sites excluding steroid dienone is 2. The quantitative estimate of drug-likeness (QED) is 0.565. The fourth-order valence-corrected chi connectivity index (χ4v) is 4.16. The number of hydrogen-bond acceptors (Lipinski definition) is 4. The molecule has 0 bridgehead atoms. The van der Waals surface area contributed by atoms with Gasteiger partial charge in [0.15, 0.2) is 0 Å². The summed E-state index contributed by atoms with van der Waals surface area (Å²) < 4.78 is 0. The predicted molar refractivity (Wildman–Crippen MR) is 96.3 cm³/mol. The SMILES string of the molecule is CCc1c(C(=O)NNC(=O)[C@H]2CC(C)=C(C)C[C@@H]2C(=O)O)csc1C. The highest BCUT2D eigenvalue weighted by atomic mass is 32.1. The maximum absolute atomic E-state index is 12.5. The van der Waals surface area contributed by atoms with Gasteiger partial charge in [0, 0.05) is 10.3 Å². The van der Waals surface area contributed by atoms with E-state index in [1.807, 2.05) is 27.7 Å². The molecule has 0 spiro atoms. The highest BCUT2D eigenvalue weighted by molar-refractivity contribution is 7.10. The number of aryl methyl sites for hydroxylation is 1. The van der Waals surface area contributed by atoms with E-state index in [2.05, 4.69) is 10.9 Å². The van der Waals surface area contributed by atoms with Crippen molar-refractivity contribution in [3.05, 3.63) is 32.5 Å². The van der Waals surface area contributed by atoms with Crippen LogP contribution >= 0.6 is 11.3 Å². The Morgan fingerprint density at radius 3 is 2.28 bits per heavy atom. The molecule has 1 aliphatic rings. The maximum Gasteiger partial charge on any atom is 0.307 e. The van der Waals surface area contributed by atoms with Crippen molar-refractivity contribution in [2.24, 2.45) is 11.8 Å². The summed E-state index contributed by atoms with van der Waals surface area (Å²) in [5.41, 5.74) is 8.41. The van der Waals surface area contributed by atoms with Crippen LogP contribution in [0.4, 0.5) is 0 Å². The molecular weight excluding hydrogens is 340 g/mol. The largest absolute Gasteiger partial charge is 0.481 e. The average molecular weight is 364 g/mol. The van der Waals surface area contributed by atoms with Crippen molar-refractivity contribution in [2.75, 3.05) is 0 Å². The third-order valence-electron chi connectivity index (χ3n) is 4.92. The Labute approximate surface area is 151 Å². The summed E-state index contributed by atoms with van der Waals surface area (Å²) in [6.07, 6.45) is 1.48. The summed E-state index contributed by atoms with van der Waals surface area (Å²) >= 11 is 1.49. The molecule has 136 valence electrons. The minimum Gasteiger partial charge on any atom is -0.481 e. The molecule has 2 rings (SSSR count). The Balaban J connectivity index is 2.06. The van der Waals surface area contributed by atoms with Crippen molar-refractivity contribution in [3.63, 3.8) is 0 Å². The van der Waals surface area contributed by atoms with E-state index in [4.69, 9.17) is 0 Å². The second-order valence-corrected chi connectivity index (χ2v) is 7.58. The number of amides is 2. The van der Waals surface area contributed by atoms with Crippen LogP contribution in [0.15, 0.2) is 16.5 Å². The second-order valence-electron chi connectivity index (χ2n) is 6.50. The van der Waals surface area contributed by atoms with Crippen LogP contribution in [0.5, 0.6) is 0 Å². The topological polar surface area (TPSA) is 95.5 Å². The molecule has 6 nitrogen and oxygen atoms in total. The van der Waals surface area contributed by atoms with Gasteiger partial charge in [-0.1, -0.05) is 18.1 Å². The monoisotopic (exact) mass is 364 g/mol. The molecule has 25 heavy (non-hydrogen) atoms. The van der Waals surface area contributed by atoms with Crippen LogP contribution in [-0.4, -0.2) is 22.9 Å². The van der Waals surface area contributed by atoms with Crippen molar-refractivity contribution in [2.45, 2.75) is 47.0 Å². The molecule has 0 radical (unpaired) electrons. The molecule has 0 aliphatic heterocycles. The Bertz CT molecular complexity index is 735. The van der Waals surface area contributed by atoms with Crippen molar-refractivity contribution >= 4 is 29.1 Å². The number of hydrazine groups is 1. The van der Waals surface area contributed by atoms with E-state index in [0.717, 1.165) is 28.0 Å². The van der Waals surface area contributed by atoms with Crippen LogP contribution < -0.4 is 10.9 Å². The smallest absolute Gasteiger partial charge is 0.307 e. The first-order chi connectivity index (χ1) is 11.8. The van der Waals surface area contributed by atoms with Crippen molar-refractivity contribution in [3.8, 4) is 0 Å². The van der Waals surface area contributed by atoms with Gasteiger partial charge in [0.25, 0.3) is 5.91 Å². The van der Waals surface area contributed by atoms with Gasteiger partial charge < -0.3 is 5.11 Å². The number of rotatable bonds is 4. The molecule has 3 N–H and O–H groups in total. The standard InChI is InChI=1S/C18H24N2O4S/c1-5-12-11(4)25-8-15(12)17(22)20-19-16(21)13-6-9(2)10(3)7-14(13)18(23)24/h8,13-14H,5-7H2,1-4H3,(H,19,21)(H,20,22)(H,23,24)/t13-,14-/m0/s1. The Kier molecular flexibility index (Phi) is 6.00. The number of thiophene rings is 1. The molecule has 0 saturated heterocycles. The fraction of sp³-hybridized carbons (Fsp3) is 0.500. The molecule has 0 saturated carbocycles. The highest BCUT2D eigenvalue weighted by Crippen LogP contribution is 2.34. The lowest BCUT2D eigenvalue weighted by Crippen LogP contribution is -2.48. The molecule has 7 heteroatoms. The van der Waals surface area contributed by atoms with Crippen molar-refractivity contribution < 1.29 is 19.5 Å². The van der Waals surface area contributed by atoms with Crippen molar-refractivity contribution in [1.29, 1.82) is 0 Å². The van der Waals surface area contributed by atoms with Gasteiger partial charge >= 0.3 is 5.97 Å². The number of hydrogen-bond donors (Lipinski definition) is 3. The average Bonchev–Trinajstić information content (AvgIpc) is 2.94. The van der Waals surface area contributed by atoms with E-state index in [9.17, 15) is 19.5 Å². The number of carbonyl (C=O) groups is 3. The van der Waals surface area contributed by atoms with Gasteiger partial charge in [0.1, 0.15) is 0 Å². The van der Waals surface area contributed by atoms with Gasteiger partial charge in [0.05, 0.1) is 17.4 Å².